The molecule has 2 rings (SSSR count). The highest BCUT2D eigenvalue weighted by atomic mass is 16.5. The maximum absolute atomic E-state index is 12.5. The van der Waals surface area contributed by atoms with Crippen LogP contribution < -0.4 is 4.74 Å². The van der Waals surface area contributed by atoms with E-state index < -0.39 is 0 Å². The fraction of sp³-hybridized carbons (Fsp3) is 0.375. The molecule has 0 saturated heterocycles. The van der Waals surface area contributed by atoms with Gasteiger partial charge in [0, 0.05) is 18.3 Å². The van der Waals surface area contributed by atoms with E-state index in [1.165, 1.54) is 0 Å². The van der Waals surface area contributed by atoms with Gasteiger partial charge in [0.05, 0.1) is 18.7 Å². The van der Waals surface area contributed by atoms with E-state index in [-0.39, 0.29) is 12.3 Å². The van der Waals surface area contributed by atoms with Crippen LogP contribution in [0.5, 0.6) is 5.75 Å². The van der Waals surface area contributed by atoms with Crippen molar-refractivity contribution in [2.24, 2.45) is 0 Å². The zero-order valence-electron chi connectivity index (χ0n) is 12.2. The van der Waals surface area contributed by atoms with Crippen LogP contribution in [0.15, 0.2) is 36.7 Å². The minimum Gasteiger partial charge on any atom is -0.493 e. The van der Waals surface area contributed by atoms with Gasteiger partial charge in [-0.3, -0.25) is 4.79 Å². The van der Waals surface area contributed by atoms with E-state index in [0.717, 1.165) is 5.82 Å². The summed E-state index contributed by atoms with van der Waals surface area (Å²) in [5.74, 6) is 1.90. The predicted octanol–water partition coefficient (Wildman–Crippen LogP) is 3.29. The number of ketones is 1. The normalized spacial score (nSPS) is 10.8. The number of imidazole rings is 1. The Labute approximate surface area is 119 Å². The van der Waals surface area contributed by atoms with Crippen LogP contribution >= 0.6 is 0 Å². The number of para-hydroxylation sites is 1. The van der Waals surface area contributed by atoms with Crippen LogP contribution in [0.2, 0.25) is 0 Å². The summed E-state index contributed by atoms with van der Waals surface area (Å²) >= 11 is 0. The molecule has 4 nitrogen and oxygen atoms in total. The van der Waals surface area contributed by atoms with Crippen molar-refractivity contribution >= 4 is 5.78 Å². The summed E-state index contributed by atoms with van der Waals surface area (Å²) in [5, 5.41) is 0. The molecule has 0 aliphatic rings. The Bertz CT molecular complexity index is 588. The Hall–Kier alpha value is -2.10. The van der Waals surface area contributed by atoms with Crippen molar-refractivity contribution in [1.82, 2.24) is 9.55 Å². The zero-order chi connectivity index (χ0) is 14.5. The molecule has 0 amide bonds. The summed E-state index contributed by atoms with van der Waals surface area (Å²) < 4.78 is 7.41. The highest BCUT2D eigenvalue weighted by Crippen LogP contribution is 2.20. The second-order valence-electron chi connectivity index (χ2n) is 4.92. The number of ether oxygens (including phenoxy) is 1. The molecule has 0 unspecified atom stereocenters. The molecule has 20 heavy (non-hydrogen) atoms. The fourth-order valence-electron chi connectivity index (χ4n) is 2.17. The van der Waals surface area contributed by atoms with Crippen molar-refractivity contribution in [2.75, 3.05) is 6.61 Å². The lowest BCUT2D eigenvalue weighted by Crippen LogP contribution is -2.14. The average molecular weight is 272 g/mol. The average Bonchev–Trinajstić information content (AvgIpc) is 2.88. The van der Waals surface area contributed by atoms with Crippen molar-refractivity contribution in [3.63, 3.8) is 0 Å². The van der Waals surface area contributed by atoms with E-state index in [4.69, 9.17) is 4.74 Å². The van der Waals surface area contributed by atoms with Crippen LogP contribution in [0.1, 0.15) is 42.9 Å². The molecule has 0 fully saturated rings. The van der Waals surface area contributed by atoms with E-state index in [1.54, 1.807) is 12.3 Å². The lowest BCUT2D eigenvalue weighted by atomic mass is 10.1. The second-order valence-corrected chi connectivity index (χ2v) is 4.92. The molecule has 0 aliphatic heterocycles. The first-order valence-electron chi connectivity index (χ1n) is 6.89. The lowest BCUT2D eigenvalue weighted by molar-refractivity contribution is 0.0967. The molecule has 0 saturated carbocycles. The molecule has 2 aromatic rings. The smallest absolute Gasteiger partial charge is 0.186 e. The first-order valence-corrected chi connectivity index (χ1v) is 6.89. The van der Waals surface area contributed by atoms with Gasteiger partial charge in [-0.25, -0.2) is 4.98 Å². The summed E-state index contributed by atoms with van der Waals surface area (Å²) in [5.41, 5.74) is 0.623. The van der Waals surface area contributed by atoms with Gasteiger partial charge in [0.1, 0.15) is 11.6 Å². The highest BCUT2D eigenvalue weighted by molar-refractivity contribution is 5.98. The number of Topliss-reactive ketones (excluding diaryl/α,β-unsaturated/α-hetero) is 1. The number of carbonyl (C=O) groups excluding carboxylic acids is 1. The predicted molar refractivity (Wildman–Crippen MR) is 78.3 cm³/mol. The molecular formula is C16H20N2O2. The quantitative estimate of drug-likeness (QED) is 0.758. The molecule has 0 spiro atoms. The molecule has 1 heterocycles. The number of hydrogen-bond acceptors (Lipinski definition) is 3. The number of carbonyl (C=O) groups is 1. The van der Waals surface area contributed by atoms with Crippen molar-refractivity contribution < 1.29 is 9.53 Å². The van der Waals surface area contributed by atoms with E-state index in [9.17, 15) is 4.79 Å². The molecule has 0 aliphatic carbocycles. The van der Waals surface area contributed by atoms with Crippen LogP contribution in [0.25, 0.3) is 0 Å². The maximum atomic E-state index is 12.5. The minimum atomic E-state index is 0.0361. The molecule has 0 bridgehead atoms. The zero-order valence-corrected chi connectivity index (χ0v) is 12.2. The van der Waals surface area contributed by atoms with Gasteiger partial charge < -0.3 is 9.30 Å². The summed E-state index contributed by atoms with van der Waals surface area (Å²) in [4.78, 5) is 16.8. The van der Waals surface area contributed by atoms with Crippen LogP contribution in [0.4, 0.5) is 0 Å². The first kappa shape index (κ1) is 14.3. The van der Waals surface area contributed by atoms with Crippen LogP contribution in [0, 0.1) is 0 Å². The van der Waals surface area contributed by atoms with Gasteiger partial charge in [-0.05, 0) is 19.1 Å². The summed E-state index contributed by atoms with van der Waals surface area (Å²) in [6.07, 6.45) is 3.58. The second kappa shape index (κ2) is 6.37. The summed E-state index contributed by atoms with van der Waals surface area (Å²) in [6.45, 7) is 6.88. The molecule has 0 N–H and O–H groups in total. The molecule has 4 heteroatoms. The van der Waals surface area contributed by atoms with Crippen LogP contribution in [-0.4, -0.2) is 21.9 Å². The highest BCUT2D eigenvalue weighted by Gasteiger charge is 2.15. The Balaban J connectivity index is 2.22. The van der Waals surface area contributed by atoms with Gasteiger partial charge in [-0.2, -0.15) is 0 Å². The monoisotopic (exact) mass is 272 g/mol. The van der Waals surface area contributed by atoms with Crippen LogP contribution in [-0.2, 0) is 6.54 Å². The van der Waals surface area contributed by atoms with Crippen LogP contribution in [0.3, 0.4) is 0 Å². The van der Waals surface area contributed by atoms with E-state index in [2.05, 4.69) is 18.8 Å². The molecule has 0 radical (unpaired) electrons. The van der Waals surface area contributed by atoms with Crippen molar-refractivity contribution in [3.05, 3.63) is 48.0 Å². The number of hydrogen-bond donors (Lipinski definition) is 0. The fourth-order valence-corrected chi connectivity index (χ4v) is 2.17. The Kier molecular flexibility index (Phi) is 4.56. The SMILES string of the molecule is CCOc1ccccc1C(=O)Cn1ccnc1C(C)C. The van der Waals surface area contributed by atoms with Gasteiger partial charge >= 0.3 is 0 Å². The minimum absolute atomic E-state index is 0.0361. The third kappa shape index (κ3) is 3.07. The third-order valence-corrected chi connectivity index (χ3v) is 3.07. The maximum Gasteiger partial charge on any atom is 0.186 e. The van der Waals surface area contributed by atoms with Gasteiger partial charge in [-0.1, -0.05) is 26.0 Å². The molecular weight excluding hydrogens is 252 g/mol. The summed E-state index contributed by atoms with van der Waals surface area (Å²) in [7, 11) is 0. The topological polar surface area (TPSA) is 44.1 Å². The Morgan fingerprint density at radius 1 is 1.35 bits per heavy atom. The number of rotatable bonds is 6. The largest absolute Gasteiger partial charge is 0.493 e. The number of aromatic nitrogens is 2. The molecule has 1 aromatic heterocycles. The number of nitrogens with zero attached hydrogens (tertiary/aromatic N) is 2. The van der Waals surface area contributed by atoms with Gasteiger partial charge in [0.15, 0.2) is 5.78 Å². The van der Waals surface area contributed by atoms with Crippen molar-refractivity contribution in [2.45, 2.75) is 33.2 Å². The Morgan fingerprint density at radius 2 is 2.10 bits per heavy atom. The van der Waals surface area contributed by atoms with E-state index >= 15 is 0 Å². The third-order valence-electron chi connectivity index (χ3n) is 3.07. The molecule has 106 valence electrons. The molecule has 1 aromatic carbocycles. The van der Waals surface area contributed by atoms with Gasteiger partial charge in [-0.15, -0.1) is 0 Å². The van der Waals surface area contributed by atoms with Crippen molar-refractivity contribution in [3.8, 4) is 5.75 Å². The van der Waals surface area contributed by atoms with E-state index in [1.807, 2.05) is 35.9 Å². The first-order chi connectivity index (χ1) is 9.63. The summed E-state index contributed by atoms with van der Waals surface area (Å²) in [6, 6.07) is 7.36. The standard InChI is InChI=1S/C16H20N2O2/c1-4-20-15-8-6-5-7-13(15)14(19)11-18-10-9-17-16(18)12(2)3/h5-10,12H,4,11H2,1-3H3. The van der Waals surface area contributed by atoms with Gasteiger partial charge in [0.2, 0.25) is 0 Å². The van der Waals surface area contributed by atoms with Gasteiger partial charge in [0.25, 0.3) is 0 Å². The molecule has 0 atom stereocenters. The lowest BCUT2D eigenvalue weighted by Gasteiger charge is -2.12. The Morgan fingerprint density at radius 3 is 2.80 bits per heavy atom. The van der Waals surface area contributed by atoms with Crippen molar-refractivity contribution in [1.29, 1.82) is 0 Å². The van der Waals surface area contributed by atoms with E-state index in [0.29, 0.717) is 23.8 Å². The number of benzene rings is 1.